The third kappa shape index (κ3) is 4.27. The molecule has 0 saturated heterocycles. The van der Waals surface area contributed by atoms with Crippen LogP contribution >= 0.6 is 23.2 Å². The lowest BCUT2D eigenvalue weighted by Crippen LogP contribution is -2.15. The van der Waals surface area contributed by atoms with E-state index in [1.807, 2.05) is 0 Å². The van der Waals surface area contributed by atoms with Gasteiger partial charge in [0.1, 0.15) is 11.6 Å². The quantitative estimate of drug-likeness (QED) is 0.593. The van der Waals surface area contributed by atoms with Gasteiger partial charge < -0.3 is 10.1 Å². The lowest BCUT2D eigenvalue weighted by molar-refractivity contribution is -0.0964. The summed E-state index contributed by atoms with van der Waals surface area (Å²) >= 11 is 10.9. The van der Waals surface area contributed by atoms with Gasteiger partial charge in [-0.15, -0.1) is 8.78 Å². The van der Waals surface area contributed by atoms with E-state index in [2.05, 4.69) is 21.1 Å². The standard InChI is InChI=1S/C17H9Cl2F2N3O/c18-14-8-11-7-10(9-22)1-6-15(11)24-16(14)23-12-2-4-13(5-3-12)25-17(19,20)21/h1-8H,(H,23,24). The number of ether oxygens (including phenoxy) is 1. The number of fused-ring (bicyclic) bond motifs is 1. The number of pyridine rings is 1. The molecule has 0 radical (unpaired) electrons. The number of benzene rings is 2. The summed E-state index contributed by atoms with van der Waals surface area (Å²) in [5, 5.41) is 13.0. The van der Waals surface area contributed by atoms with E-state index in [0.717, 1.165) is 5.39 Å². The Bertz CT molecular complexity index is 967. The van der Waals surface area contributed by atoms with Crippen molar-refractivity contribution in [2.24, 2.45) is 0 Å². The molecule has 3 aromatic rings. The highest BCUT2D eigenvalue weighted by molar-refractivity contribution is 6.33. The molecule has 0 saturated carbocycles. The Morgan fingerprint density at radius 2 is 1.84 bits per heavy atom. The molecule has 25 heavy (non-hydrogen) atoms. The van der Waals surface area contributed by atoms with E-state index in [1.165, 1.54) is 24.3 Å². The summed E-state index contributed by atoms with van der Waals surface area (Å²) in [7, 11) is 0. The number of nitrogens with one attached hydrogen (secondary N) is 1. The van der Waals surface area contributed by atoms with Crippen molar-refractivity contribution < 1.29 is 13.5 Å². The van der Waals surface area contributed by atoms with E-state index >= 15 is 0 Å². The number of hydrogen-bond donors (Lipinski definition) is 1. The van der Waals surface area contributed by atoms with Crippen molar-refractivity contribution in [3.05, 3.63) is 59.1 Å². The van der Waals surface area contributed by atoms with Crippen LogP contribution in [0.2, 0.25) is 5.02 Å². The van der Waals surface area contributed by atoms with Gasteiger partial charge in [-0.2, -0.15) is 5.26 Å². The number of alkyl halides is 3. The van der Waals surface area contributed by atoms with E-state index in [1.54, 1.807) is 24.3 Å². The first-order valence-corrected chi connectivity index (χ1v) is 7.73. The minimum absolute atomic E-state index is 0.0767. The first-order chi connectivity index (χ1) is 11.8. The largest absolute Gasteiger partial charge is 0.487 e. The first-order valence-electron chi connectivity index (χ1n) is 6.97. The molecule has 0 aliphatic carbocycles. The number of halogens is 4. The Morgan fingerprint density at radius 1 is 1.12 bits per heavy atom. The molecule has 8 heteroatoms. The van der Waals surface area contributed by atoms with Crippen molar-refractivity contribution in [1.82, 2.24) is 4.98 Å². The van der Waals surface area contributed by atoms with E-state index in [9.17, 15) is 8.78 Å². The van der Waals surface area contributed by atoms with Gasteiger partial charge in [-0.1, -0.05) is 11.6 Å². The van der Waals surface area contributed by atoms with Crippen molar-refractivity contribution in [1.29, 1.82) is 5.26 Å². The Labute approximate surface area is 151 Å². The van der Waals surface area contributed by atoms with Crippen LogP contribution in [-0.4, -0.2) is 10.6 Å². The zero-order chi connectivity index (χ0) is 18.0. The SMILES string of the molecule is N#Cc1ccc2nc(Nc3ccc(OC(F)(F)Cl)cc3)c(Cl)cc2c1. The highest BCUT2D eigenvalue weighted by atomic mass is 35.5. The zero-order valence-corrected chi connectivity index (χ0v) is 13.9. The van der Waals surface area contributed by atoms with Crippen LogP contribution in [0.3, 0.4) is 0 Å². The Balaban J connectivity index is 1.85. The fourth-order valence-corrected chi connectivity index (χ4v) is 2.48. The molecule has 0 spiro atoms. The fourth-order valence-electron chi connectivity index (χ4n) is 2.18. The zero-order valence-electron chi connectivity index (χ0n) is 12.4. The Kier molecular flexibility index (Phi) is 4.62. The van der Waals surface area contributed by atoms with Crippen LogP contribution in [0, 0.1) is 11.3 Å². The summed E-state index contributed by atoms with van der Waals surface area (Å²) < 4.78 is 29.4. The maximum atomic E-state index is 12.6. The highest BCUT2D eigenvalue weighted by Crippen LogP contribution is 2.30. The molecule has 2 aromatic carbocycles. The molecular formula is C17H9Cl2F2N3O. The van der Waals surface area contributed by atoms with Crippen molar-refractivity contribution in [2.75, 3.05) is 5.32 Å². The molecule has 4 nitrogen and oxygen atoms in total. The number of nitriles is 1. The topological polar surface area (TPSA) is 57.9 Å². The van der Waals surface area contributed by atoms with E-state index in [0.29, 0.717) is 27.6 Å². The van der Waals surface area contributed by atoms with E-state index < -0.39 is 5.57 Å². The molecule has 1 heterocycles. The highest BCUT2D eigenvalue weighted by Gasteiger charge is 2.27. The predicted octanol–water partition coefficient (Wildman–Crippen LogP) is 5.67. The summed E-state index contributed by atoms with van der Waals surface area (Å²) in [5.74, 6) is 0.322. The summed E-state index contributed by atoms with van der Waals surface area (Å²) in [6, 6.07) is 14.5. The molecule has 1 aromatic heterocycles. The summed E-state index contributed by atoms with van der Waals surface area (Å²) in [4.78, 5) is 4.40. The van der Waals surface area contributed by atoms with Crippen LogP contribution < -0.4 is 10.1 Å². The Hall–Kier alpha value is -2.62. The van der Waals surface area contributed by atoms with Gasteiger partial charge in [-0.3, -0.25) is 0 Å². The minimum atomic E-state index is -3.76. The van der Waals surface area contributed by atoms with Crippen LogP contribution in [0.5, 0.6) is 5.75 Å². The van der Waals surface area contributed by atoms with Crippen LogP contribution in [0.25, 0.3) is 10.9 Å². The van der Waals surface area contributed by atoms with Gasteiger partial charge in [0.25, 0.3) is 0 Å². The van der Waals surface area contributed by atoms with Gasteiger partial charge >= 0.3 is 5.57 Å². The molecule has 3 rings (SSSR count). The van der Waals surface area contributed by atoms with Crippen LogP contribution in [0.1, 0.15) is 5.56 Å². The van der Waals surface area contributed by atoms with Crippen LogP contribution in [0.15, 0.2) is 48.5 Å². The second-order valence-electron chi connectivity index (χ2n) is 5.04. The fraction of sp³-hybridized carbons (Fsp3) is 0.0588. The monoisotopic (exact) mass is 379 g/mol. The molecule has 0 fully saturated rings. The predicted molar refractivity (Wildman–Crippen MR) is 92.6 cm³/mol. The van der Waals surface area contributed by atoms with Gasteiger partial charge in [-0.25, -0.2) is 4.98 Å². The van der Waals surface area contributed by atoms with Gasteiger partial charge in [0.2, 0.25) is 0 Å². The molecule has 0 bridgehead atoms. The molecule has 1 N–H and O–H groups in total. The lowest BCUT2D eigenvalue weighted by Gasteiger charge is -2.12. The van der Waals surface area contributed by atoms with Crippen molar-refractivity contribution in [3.8, 4) is 11.8 Å². The third-order valence-electron chi connectivity index (χ3n) is 3.25. The summed E-state index contributed by atoms with van der Waals surface area (Å²) in [6.45, 7) is 0. The number of nitrogens with zero attached hydrogens (tertiary/aromatic N) is 2. The second kappa shape index (κ2) is 6.71. The van der Waals surface area contributed by atoms with Crippen LogP contribution in [-0.2, 0) is 0 Å². The maximum Gasteiger partial charge on any atom is 0.487 e. The average Bonchev–Trinajstić information content (AvgIpc) is 2.55. The molecule has 126 valence electrons. The lowest BCUT2D eigenvalue weighted by atomic mass is 10.1. The minimum Gasteiger partial charge on any atom is -0.420 e. The van der Waals surface area contributed by atoms with Crippen molar-refractivity contribution in [2.45, 2.75) is 5.57 Å². The molecule has 0 atom stereocenters. The molecule has 0 aliphatic rings. The number of aromatic nitrogens is 1. The number of rotatable bonds is 4. The van der Waals surface area contributed by atoms with E-state index in [4.69, 9.17) is 28.5 Å². The second-order valence-corrected chi connectivity index (χ2v) is 5.88. The third-order valence-corrected chi connectivity index (χ3v) is 3.61. The average molecular weight is 380 g/mol. The van der Waals surface area contributed by atoms with Gasteiger partial charge in [-0.05, 0) is 48.5 Å². The maximum absolute atomic E-state index is 12.6. The molecular weight excluding hydrogens is 371 g/mol. The summed E-state index contributed by atoms with van der Waals surface area (Å²) in [6.07, 6.45) is 0. The number of hydrogen-bond acceptors (Lipinski definition) is 4. The van der Waals surface area contributed by atoms with Crippen molar-refractivity contribution >= 4 is 45.6 Å². The van der Waals surface area contributed by atoms with E-state index in [-0.39, 0.29) is 5.75 Å². The number of anilines is 2. The molecule has 0 aliphatic heterocycles. The molecule has 0 amide bonds. The van der Waals surface area contributed by atoms with Gasteiger partial charge in [0, 0.05) is 22.7 Å². The van der Waals surface area contributed by atoms with Gasteiger partial charge in [0.05, 0.1) is 22.2 Å². The van der Waals surface area contributed by atoms with Crippen molar-refractivity contribution in [3.63, 3.8) is 0 Å². The summed E-state index contributed by atoms with van der Waals surface area (Å²) in [5.41, 5.74) is -2.02. The Morgan fingerprint density at radius 3 is 2.48 bits per heavy atom. The normalized spacial score (nSPS) is 11.2. The first kappa shape index (κ1) is 17.2. The smallest absolute Gasteiger partial charge is 0.420 e. The molecule has 0 unspecified atom stereocenters. The van der Waals surface area contributed by atoms with Crippen LogP contribution in [0.4, 0.5) is 20.3 Å². The van der Waals surface area contributed by atoms with Gasteiger partial charge in [0.15, 0.2) is 0 Å².